The van der Waals surface area contributed by atoms with Gasteiger partial charge in [-0.2, -0.15) is 5.26 Å². The highest BCUT2D eigenvalue weighted by atomic mass is 16.5. The van der Waals surface area contributed by atoms with Crippen molar-refractivity contribution in [3.8, 4) is 11.8 Å². The van der Waals surface area contributed by atoms with Crippen molar-refractivity contribution in [2.45, 2.75) is 6.92 Å². The molecule has 0 aliphatic rings. The fraction of sp³-hybridized carbons (Fsp3) is 0.375. The molecule has 110 valence electrons. The molecule has 0 amide bonds. The summed E-state index contributed by atoms with van der Waals surface area (Å²) in [5.41, 5.74) is 3.32. The van der Waals surface area contributed by atoms with Crippen LogP contribution in [0.4, 0.5) is 5.69 Å². The minimum atomic E-state index is 0.588. The van der Waals surface area contributed by atoms with Gasteiger partial charge in [-0.15, -0.1) is 0 Å². The monoisotopic (exact) mass is 285 g/mol. The summed E-state index contributed by atoms with van der Waals surface area (Å²) in [4.78, 5) is 6.44. The molecule has 0 saturated carbocycles. The molecule has 2 rings (SSSR count). The third-order valence-electron chi connectivity index (χ3n) is 3.60. The van der Waals surface area contributed by atoms with E-state index in [4.69, 9.17) is 14.7 Å². The Morgan fingerprint density at radius 1 is 1.33 bits per heavy atom. The number of anilines is 1. The van der Waals surface area contributed by atoms with Crippen LogP contribution in [0.15, 0.2) is 18.3 Å². The number of ether oxygens (including phenoxy) is 2. The zero-order valence-corrected chi connectivity index (χ0v) is 12.8. The standard InChI is InChI=1S/C16H19N3O2/c1-11-12(9-17)10-18-14-8-15(19(2)5-6-20-3)16(21-4)7-13(11)14/h7-8,10H,5-6H2,1-4H3. The van der Waals surface area contributed by atoms with Crippen LogP contribution in [0, 0.1) is 18.3 Å². The summed E-state index contributed by atoms with van der Waals surface area (Å²) in [6.45, 7) is 3.32. The molecule has 0 bridgehead atoms. The van der Waals surface area contributed by atoms with Gasteiger partial charge >= 0.3 is 0 Å². The van der Waals surface area contributed by atoms with E-state index in [1.54, 1.807) is 20.4 Å². The Morgan fingerprint density at radius 2 is 2.10 bits per heavy atom. The summed E-state index contributed by atoms with van der Waals surface area (Å²) in [5.74, 6) is 0.765. The molecule has 1 heterocycles. The molecule has 5 nitrogen and oxygen atoms in total. The number of aryl methyl sites for hydroxylation is 1. The lowest BCUT2D eigenvalue weighted by Crippen LogP contribution is -2.22. The first kappa shape index (κ1) is 15.1. The van der Waals surface area contributed by atoms with Gasteiger partial charge in [-0.05, 0) is 24.6 Å². The molecular weight excluding hydrogens is 266 g/mol. The summed E-state index contributed by atoms with van der Waals surface area (Å²) in [6, 6.07) is 6.09. The maximum Gasteiger partial charge on any atom is 0.142 e. The molecule has 0 spiro atoms. The smallest absolute Gasteiger partial charge is 0.142 e. The van der Waals surface area contributed by atoms with E-state index in [0.717, 1.165) is 34.4 Å². The molecule has 0 saturated heterocycles. The number of nitrogens with zero attached hydrogens (tertiary/aromatic N) is 3. The van der Waals surface area contributed by atoms with E-state index in [1.165, 1.54) is 0 Å². The lowest BCUT2D eigenvalue weighted by molar-refractivity contribution is 0.206. The van der Waals surface area contributed by atoms with Crippen molar-refractivity contribution in [3.63, 3.8) is 0 Å². The molecule has 0 fully saturated rings. The number of hydrogen-bond donors (Lipinski definition) is 0. The van der Waals surface area contributed by atoms with Crippen LogP contribution < -0.4 is 9.64 Å². The summed E-state index contributed by atoms with van der Waals surface area (Å²) in [6.07, 6.45) is 1.61. The van der Waals surface area contributed by atoms with Crippen molar-refractivity contribution in [1.82, 2.24) is 4.98 Å². The van der Waals surface area contributed by atoms with Gasteiger partial charge < -0.3 is 14.4 Å². The molecule has 1 aromatic heterocycles. The molecular formula is C16H19N3O2. The summed E-state index contributed by atoms with van der Waals surface area (Å²) in [7, 11) is 5.31. The molecule has 0 aliphatic heterocycles. The zero-order chi connectivity index (χ0) is 15.4. The van der Waals surface area contributed by atoms with E-state index in [-0.39, 0.29) is 0 Å². The topological polar surface area (TPSA) is 58.4 Å². The van der Waals surface area contributed by atoms with Crippen LogP contribution in [0.1, 0.15) is 11.1 Å². The molecule has 0 N–H and O–H groups in total. The lowest BCUT2D eigenvalue weighted by atomic mass is 10.0. The Bertz CT molecular complexity index is 692. The second kappa shape index (κ2) is 6.42. The SMILES string of the molecule is COCCN(C)c1cc2ncc(C#N)c(C)c2cc1OC. The third-order valence-corrected chi connectivity index (χ3v) is 3.60. The Labute approximate surface area is 124 Å². The van der Waals surface area contributed by atoms with Crippen molar-refractivity contribution < 1.29 is 9.47 Å². The van der Waals surface area contributed by atoms with E-state index >= 15 is 0 Å². The Hall–Kier alpha value is -2.32. The Morgan fingerprint density at radius 3 is 2.71 bits per heavy atom. The maximum atomic E-state index is 9.10. The van der Waals surface area contributed by atoms with Crippen molar-refractivity contribution in [2.24, 2.45) is 0 Å². The average molecular weight is 285 g/mol. The second-order valence-electron chi connectivity index (χ2n) is 4.86. The van der Waals surface area contributed by atoms with Gasteiger partial charge in [0.05, 0.1) is 30.5 Å². The molecule has 21 heavy (non-hydrogen) atoms. The van der Waals surface area contributed by atoms with Gasteiger partial charge in [0.1, 0.15) is 11.8 Å². The van der Waals surface area contributed by atoms with Crippen LogP contribution in [-0.4, -0.2) is 39.4 Å². The van der Waals surface area contributed by atoms with Gasteiger partial charge in [0.25, 0.3) is 0 Å². The van der Waals surface area contributed by atoms with E-state index < -0.39 is 0 Å². The van der Waals surface area contributed by atoms with Crippen LogP contribution in [0.2, 0.25) is 0 Å². The predicted molar refractivity (Wildman–Crippen MR) is 82.9 cm³/mol. The van der Waals surface area contributed by atoms with Crippen LogP contribution >= 0.6 is 0 Å². The normalized spacial score (nSPS) is 10.4. The van der Waals surface area contributed by atoms with Crippen LogP contribution in [0.3, 0.4) is 0 Å². The molecule has 2 aromatic rings. The first-order chi connectivity index (χ1) is 10.1. The van der Waals surface area contributed by atoms with E-state index in [1.807, 2.05) is 26.1 Å². The molecule has 0 radical (unpaired) electrons. The summed E-state index contributed by atoms with van der Waals surface area (Å²) >= 11 is 0. The summed E-state index contributed by atoms with van der Waals surface area (Å²) in [5, 5.41) is 10.0. The van der Waals surface area contributed by atoms with Crippen molar-refractivity contribution in [1.29, 1.82) is 5.26 Å². The first-order valence-electron chi connectivity index (χ1n) is 6.70. The third kappa shape index (κ3) is 2.91. The van der Waals surface area contributed by atoms with Gasteiger partial charge in [-0.1, -0.05) is 0 Å². The number of pyridine rings is 1. The number of hydrogen-bond acceptors (Lipinski definition) is 5. The molecule has 5 heteroatoms. The first-order valence-corrected chi connectivity index (χ1v) is 6.70. The zero-order valence-electron chi connectivity index (χ0n) is 12.8. The molecule has 0 atom stereocenters. The number of rotatable bonds is 5. The van der Waals surface area contributed by atoms with E-state index in [9.17, 15) is 0 Å². The number of fused-ring (bicyclic) bond motifs is 1. The number of benzene rings is 1. The number of aromatic nitrogens is 1. The van der Waals surface area contributed by atoms with Crippen LogP contribution in [0.25, 0.3) is 10.9 Å². The van der Waals surface area contributed by atoms with E-state index in [2.05, 4.69) is 16.0 Å². The minimum Gasteiger partial charge on any atom is -0.495 e. The lowest BCUT2D eigenvalue weighted by Gasteiger charge is -2.22. The Kier molecular flexibility index (Phi) is 4.61. The largest absolute Gasteiger partial charge is 0.495 e. The van der Waals surface area contributed by atoms with Gasteiger partial charge in [0.2, 0.25) is 0 Å². The van der Waals surface area contributed by atoms with Crippen molar-refractivity contribution in [2.75, 3.05) is 39.3 Å². The number of likely N-dealkylation sites (N-methyl/N-ethyl adjacent to an activating group) is 1. The second-order valence-corrected chi connectivity index (χ2v) is 4.86. The van der Waals surface area contributed by atoms with E-state index in [0.29, 0.717) is 12.2 Å². The molecule has 0 unspecified atom stereocenters. The van der Waals surface area contributed by atoms with Crippen molar-refractivity contribution >= 4 is 16.6 Å². The quantitative estimate of drug-likeness (QED) is 0.844. The van der Waals surface area contributed by atoms with Crippen LogP contribution in [-0.2, 0) is 4.74 Å². The minimum absolute atomic E-state index is 0.588. The van der Waals surface area contributed by atoms with Crippen LogP contribution in [0.5, 0.6) is 5.75 Å². The highest BCUT2D eigenvalue weighted by molar-refractivity contribution is 5.89. The van der Waals surface area contributed by atoms with Crippen molar-refractivity contribution in [3.05, 3.63) is 29.5 Å². The molecule has 1 aromatic carbocycles. The fourth-order valence-corrected chi connectivity index (χ4v) is 2.26. The van der Waals surface area contributed by atoms with Gasteiger partial charge in [0.15, 0.2) is 0 Å². The van der Waals surface area contributed by atoms with Gasteiger partial charge in [-0.25, -0.2) is 0 Å². The summed E-state index contributed by atoms with van der Waals surface area (Å²) < 4.78 is 10.6. The molecule has 0 aliphatic carbocycles. The average Bonchev–Trinajstić information content (AvgIpc) is 2.52. The maximum absolute atomic E-state index is 9.10. The highest BCUT2D eigenvalue weighted by Gasteiger charge is 2.13. The predicted octanol–water partition coefficient (Wildman–Crippen LogP) is 2.51. The Balaban J connectivity index is 2.56. The van der Waals surface area contributed by atoms with Gasteiger partial charge in [0, 0.05) is 32.3 Å². The fourth-order valence-electron chi connectivity index (χ4n) is 2.26. The van der Waals surface area contributed by atoms with Gasteiger partial charge in [-0.3, -0.25) is 4.98 Å². The highest BCUT2D eigenvalue weighted by Crippen LogP contribution is 2.33. The number of methoxy groups -OCH3 is 2. The number of nitriles is 1.